The highest BCUT2D eigenvalue weighted by atomic mass is 16.5. The first-order valence-electron chi connectivity index (χ1n) is 23.5. The minimum absolute atomic E-state index is 0.132. The highest BCUT2D eigenvalue weighted by Gasteiger charge is 2.08. The van der Waals surface area contributed by atoms with Crippen molar-refractivity contribution in [3.05, 3.63) is 154 Å². The first-order valence-corrected chi connectivity index (χ1v) is 23.5. The number of nitrogens with one attached hydrogen (secondary N) is 2. The molecule has 62 heavy (non-hydrogen) atoms. The molecule has 0 aliphatic heterocycles. The molecule has 7 heteroatoms. The fourth-order valence-corrected chi connectivity index (χ4v) is 7.75. The Bertz CT molecular complexity index is 2390. The van der Waals surface area contributed by atoms with Gasteiger partial charge in [0.1, 0.15) is 12.4 Å². The van der Waals surface area contributed by atoms with E-state index in [1.54, 1.807) is 6.07 Å². The van der Waals surface area contributed by atoms with Gasteiger partial charge in [-0.2, -0.15) is 0 Å². The summed E-state index contributed by atoms with van der Waals surface area (Å²) in [7, 11) is 0. The molecule has 7 aromatic rings. The molecule has 3 aromatic heterocycles. The van der Waals surface area contributed by atoms with E-state index in [1.807, 2.05) is 84.9 Å². The quantitative estimate of drug-likeness (QED) is 0.0464. The first-order chi connectivity index (χ1) is 30.5. The monoisotopic (exact) mass is 835 g/mol. The molecule has 0 unspecified atom stereocenters. The van der Waals surface area contributed by atoms with Gasteiger partial charge in [-0.3, -0.25) is 25.4 Å². The summed E-state index contributed by atoms with van der Waals surface area (Å²) < 4.78 is 6.15. The van der Waals surface area contributed by atoms with Crippen molar-refractivity contribution in [1.82, 2.24) is 15.0 Å². The van der Waals surface area contributed by atoms with Gasteiger partial charge in [-0.25, -0.2) is 0 Å². The van der Waals surface area contributed by atoms with Gasteiger partial charge in [-0.05, 0) is 80.5 Å². The van der Waals surface area contributed by atoms with Gasteiger partial charge in [0.15, 0.2) is 5.43 Å². The molecule has 328 valence electrons. The topological polar surface area (TPSA) is 100 Å². The number of aromatic amines is 1. The highest BCUT2D eigenvalue weighted by molar-refractivity contribution is 5.91. The van der Waals surface area contributed by atoms with E-state index in [-0.39, 0.29) is 5.43 Å². The molecule has 0 atom stereocenters. The lowest BCUT2D eigenvalue weighted by atomic mass is 10.1. The molecule has 0 amide bonds. The van der Waals surface area contributed by atoms with E-state index in [2.05, 4.69) is 66.6 Å². The van der Waals surface area contributed by atoms with Gasteiger partial charge in [0.25, 0.3) is 0 Å². The number of H-pyrrole nitrogens is 1. The molecule has 3 N–H and O–H groups in total. The zero-order valence-corrected chi connectivity index (χ0v) is 37.6. The van der Waals surface area contributed by atoms with Crippen LogP contribution in [-0.4, -0.2) is 20.2 Å². The molecule has 0 fully saturated rings. The number of para-hydroxylation sites is 3. The van der Waals surface area contributed by atoms with Crippen molar-refractivity contribution < 1.29 is 9.94 Å². The van der Waals surface area contributed by atoms with Crippen LogP contribution in [0.1, 0.15) is 140 Å². The van der Waals surface area contributed by atoms with Crippen LogP contribution in [0.2, 0.25) is 0 Å². The van der Waals surface area contributed by atoms with Crippen molar-refractivity contribution in [2.75, 3.05) is 5.48 Å². The van der Waals surface area contributed by atoms with Crippen LogP contribution in [0.3, 0.4) is 0 Å². The van der Waals surface area contributed by atoms with Crippen LogP contribution < -0.4 is 15.6 Å². The maximum Gasteiger partial charge on any atom is 0.189 e. The van der Waals surface area contributed by atoms with Crippen molar-refractivity contribution in [3.63, 3.8) is 0 Å². The summed E-state index contributed by atoms with van der Waals surface area (Å²) >= 11 is 0. The molecule has 0 aliphatic carbocycles. The van der Waals surface area contributed by atoms with Crippen LogP contribution in [0.4, 0.5) is 5.69 Å². The van der Waals surface area contributed by atoms with Gasteiger partial charge in [0, 0.05) is 50.9 Å². The van der Waals surface area contributed by atoms with Crippen LogP contribution >= 0.6 is 0 Å². The van der Waals surface area contributed by atoms with E-state index < -0.39 is 0 Å². The summed E-state index contributed by atoms with van der Waals surface area (Å²) in [5.41, 5.74) is 10.5. The van der Waals surface area contributed by atoms with Crippen molar-refractivity contribution in [2.45, 2.75) is 143 Å². The van der Waals surface area contributed by atoms with Gasteiger partial charge < -0.3 is 9.72 Å². The average molecular weight is 835 g/mol. The zero-order valence-electron chi connectivity index (χ0n) is 37.6. The summed E-state index contributed by atoms with van der Waals surface area (Å²) in [6.45, 7) is 7.29. The van der Waals surface area contributed by atoms with Crippen molar-refractivity contribution in [2.24, 2.45) is 0 Å². The second-order valence-corrected chi connectivity index (χ2v) is 16.4. The molecule has 0 saturated heterocycles. The van der Waals surface area contributed by atoms with Gasteiger partial charge in [-0.1, -0.05) is 171 Å². The molecule has 0 aliphatic rings. The summed E-state index contributed by atoms with van der Waals surface area (Å²) in [4.78, 5) is 24.8. The fraction of sp³-hybridized carbons (Fsp3) is 0.400. The third kappa shape index (κ3) is 15.7. The van der Waals surface area contributed by atoms with E-state index in [4.69, 9.17) is 9.72 Å². The number of ether oxygens (including phenoxy) is 1. The lowest BCUT2D eigenvalue weighted by Crippen LogP contribution is -2.05. The molecule has 0 saturated carbocycles. The maximum atomic E-state index is 11.9. The Hall–Kier alpha value is -5.53. The third-order valence-electron chi connectivity index (χ3n) is 11.3. The van der Waals surface area contributed by atoms with E-state index in [9.17, 15) is 10.0 Å². The van der Waals surface area contributed by atoms with Crippen molar-refractivity contribution in [1.29, 1.82) is 0 Å². The predicted molar refractivity (Wildman–Crippen MR) is 262 cm³/mol. The number of hydrogen-bond donors (Lipinski definition) is 3. The van der Waals surface area contributed by atoms with E-state index in [1.165, 1.54) is 89.0 Å². The molecule has 0 bridgehead atoms. The second kappa shape index (κ2) is 27.4. The summed E-state index contributed by atoms with van der Waals surface area (Å²) in [6, 6.07) is 40.0. The molecular weight excluding hydrogens is 765 g/mol. The number of nitrogens with zero attached hydrogens (tertiary/aromatic N) is 2. The molecule has 0 radical (unpaired) electrons. The molecule has 4 aromatic carbocycles. The lowest BCUT2D eigenvalue weighted by molar-refractivity contribution is 0.309. The zero-order chi connectivity index (χ0) is 43.6. The van der Waals surface area contributed by atoms with Crippen LogP contribution in [0.25, 0.3) is 32.7 Å². The Kier molecular flexibility index (Phi) is 21.0. The molecule has 7 nitrogen and oxygen atoms in total. The van der Waals surface area contributed by atoms with E-state index >= 15 is 0 Å². The van der Waals surface area contributed by atoms with E-state index in [0.29, 0.717) is 6.61 Å². The molecule has 0 spiro atoms. The Morgan fingerprint density at radius 3 is 1.65 bits per heavy atom. The molecular formula is C55H70N4O3. The summed E-state index contributed by atoms with van der Waals surface area (Å²) in [5, 5.41) is 12.1. The lowest BCUT2D eigenvalue weighted by Gasteiger charge is -2.12. The number of aromatic nitrogens is 3. The number of benzene rings is 4. The molecule has 3 heterocycles. The first kappa shape index (κ1) is 47.5. The van der Waals surface area contributed by atoms with Crippen LogP contribution in [0.5, 0.6) is 5.75 Å². The fourth-order valence-electron chi connectivity index (χ4n) is 7.75. The minimum atomic E-state index is 0.132. The van der Waals surface area contributed by atoms with Crippen LogP contribution in [0, 0.1) is 0 Å². The van der Waals surface area contributed by atoms with Crippen LogP contribution in [-0.2, 0) is 25.9 Å². The number of anilines is 1. The van der Waals surface area contributed by atoms with Gasteiger partial charge in [-0.15, -0.1) is 0 Å². The second-order valence-electron chi connectivity index (χ2n) is 16.4. The number of aryl methyl sites for hydroxylation is 3. The third-order valence-corrected chi connectivity index (χ3v) is 11.3. The average Bonchev–Trinajstić information content (AvgIpc) is 3.31. The standard InChI is InChI=1S/C23H27NO.C16H22N2O.C16H21NO/c1-2-3-4-5-9-14-20-17-23(21-15-10-11-16-22(21)24-20)25-18-19-12-7-6-8-13-19;1-2-3-4-5-6-9-13-12-16(18-19)14-10-7-8-11-15(14)17-13;1-2-3-4-5-6-9-13-12-16(18)14-10-7-8-11-15(14)17-13/h6-8,10-13,15-17H,2-5,9,14,18H2,1H3;7-8,10-12,19H,2-6,9H2,1H3,(H,17,18);7-8,10-12H,2-6,9H2,1H3,(H,17,18). The van der Waals surface area contributed by atoms with Crippen molar-refractivity contribution in [3.8, 4) is 5.75 Å². The SMILES string of the molecule is CCCCCCCc1cc(=O)c2ccccc2[nH]1.CCCCCCCc1cc(NO)c2ccccc2n1.CCCCCCCc1cc(OCc2ccccc2)c2ccccc2n1. The summed E-state index contributed by atoms with van der Waals surface area (Å²) in [6.07, 6.45) is 22.0. The van der Waals surface area contributed by atoms with Gasteiger partial charge >= 0.3 is 0 Å². The number of pyridine rings is 3. The Balaban J connectivity index is 0.000000179. The number of hydrogen-bond acceptors (Lipinski definition) is 6. The van der Waals surface area contributed by atoms with Gasteiger partial charge in [0.05, 0.1) is 16.7 Å². The predicted octanol–water partition coefficient (Wildman–Crippen LogP) is 14.9. The smallest absolute Gasteiger partial charge is 0.189 e. The number of fused-ring (bicyclic) bond motifs is 3. The Morgan fingerprint density at radius 1 is 0.532 bits per heavy atom. The summed E-state index contributed by atoms with van der Waals surface area (Å²) in [5.74, 6) is 0.943. The Morgan fingerprint density at radius 2 is 1.03 bits per heavy atom. The number of rotatable bonds is 22. The van der Waals surface area contributed by atoms with Crippen LogP contribution in [0.15, 0.2) is 126 Å². The number of unbranched alkanes of at least 4 members (excludes halogenated alkanes) is 12. The minimum Gasteiger partial charge on any atom is -0.488 e. The molecule has 7 rings (SSSR count). The van der Waals surface area contributed by atoms with E-state index in [0.717, 1.165) is 93.3 Å². The van der Waals surface area contributed by atoms with Crippen molar-refractivity contribution >= 4 is 38.4 Å². The Labute approximate surface area is 370 Å². The maximum absolute atomic E-state index is 11.9. The van der Waals surface area contributed by atoms with Gasteiger partial charge in [0.2, 0.25) is 0 Å². The largest absolute Gasteiger partial charge is 0.488 e. The highest BCUT2D eigenvalue weighted by Crippen LogP contribution is 2.27. The normalized spacial score (nSPS) is 10.9.